The van der Waals surface area contributed by atoms with Crippen LogP contribution < -0.4 is 10.6 Å². The van der Waals surface area contributed by atoms with Crippen LogP contribution in [0.1, 0.15) is 27.7 Å². The van der Waals surface area contributed by atoms with E-state index in [-0.39, 0.29) is 18.5 Å². The van der Waals surface area contributed by atoms with E-state index in [2.05, 4.69) is 17.2 Å². The average Bonchev–Trinajstić information content (AvgIpc) is 2.12. The summed E-state index contributed by atoms with van der Waals surface area (Å²) in [6.07, 6.45) is 1.000. The third kappa shape index (κ3) is 7.84. The third-order valence-corrected chi connectivity index (χ3v) is 1.53. The van der Waals surface area contributed by atoms with Crippen molar-refractivity contribution in [3.63, 3.8) is 0 Å². The van der Waals surface area contributed by atoms with Gasteiger partial charge in [-0.05, 0) is 27.7 Å². The zero-order valence-corrected chi connectivity index (χ0v) is 10.3. The Balaban J connectivity index is 3.84. The van der Waals surface area contributed by atoms with Crippen LogP contribution in [0.2, 0.25) is 0 Å². The van der Waals surface area contributed by atoms with Crippen molar-refractivity contribution in [1.82, 2.24) is 10.6 Å². The molecule has 0 aromatic carbocycles. The molecule has 0 aliphatic rings. The molecule has 0 aliphatic carbocycles. The van der Waals surface area contributed by atoms with Crippen LogP contribution in [0.25, 0.3) is 0 Å². The first-order chi connectivity index (χ1) is 7.24. The van der Waals surface area contributed by atoms with E-state index in [1.165, 1.54) is 0 Å². The maximum absolute atomic E-state index is 11.3. The molecule has 0 saturated carbocycles. The fourth-order valence-corrected chi connectivity index (χ4v) is 0.831. The Morgan fingerprint density at radius 2 is 2.00 bits per heavy atom. The van der Waals surface area contributed by atoms with Crippen molar-refractivity contribution in [3.8, 4) is 0 Å². The van der Waals surface area contributed by atoms with Crippen molar-refractivity contribution in [2.24, 2.45) is 0 Å². The number of hydrogen-bond donors (Lipinski definition) is 2. The van der Waals surface area contributed by atoms with Crippen molar-refractivity contribution < 1.29 is 14.3 Å². The van der Waals surface area contributed by atoms with E-state index in [0.29, 0.717) is 0 Å². The van der Waals surface area contributed by atoms with E-state index >= 15 is 0 Å². The summed E-state index contributed by atoms with van der Waals surface area (Å²) in [5, 5.41) is 4.98. The van der Waals surface area contributed by atoms with Crippen LogP contribution in [0.4, 0.5) is 4.79 Å². The summed E-state index contributed by atoms with van der Waals surface area (Å²) in [6.45, 7) is 10.5. The van der Waals surface area contributed by atoms with E-state index < -0.39 is 11.7 Å². The van der Waals surface area contributed by atoms with E-state index in [1.54, 1.807) is 33.8 Å². The predicted octanol–water partition coefficient (Wildman–Crippen LogP) is 1.20. The summed E-state index contributed by atoms with van der Waals surface area (Å²) < 4.78 is 4.97. The van der Waals surface area contributed by atoms with E-state index in [4.69, 9.17) is 4.74 Å². The minimum absolute atomic E-state index is 0.104. The number of ether oxygens (including phenoxy) is 1. The second-order valence-corrected chi connectivity index (χ2v) is 4.45. The van der Waals surface area contributed by atoms with Crippen LogP contribution in [0.3, 0.4) is 0 Å². The fraction of sp³-hybridized carbons (Fsp3) is 0.636. The molecule has 5 nitrogen and oxygen atoms in total. The van der Waals surface area contributed by atoms with Gasteiger partial charge in [0.1, 0.15) is 12.1 Å². The Morgan fingerprint density at radius 1 is 1.44 bits per heavy atom. The summed E-state index contributed by atoms with van der Waals surface area (Å²) in [4.78, 5) is 22.4. The highest BCUT2D eigenvalue weighted by molar-refractivity contribution is 5.82. The Morgan fingerprint density at radius 3 is 2.44 bits per heavy atom. The summed E-state index contributed by atoms with van der Waals surface area (Å²) in [5.41, 5.74) is -0.561. The molecule has 0 aliphatic heterocycles. The van der Waals surface area contributed by atoms with Gasteiger partial charge in [-0.25, -0.2) is 4.79 Å². The molecular formula is C11H20N2O3. The number of carbonyl (C=O) groups is 2. The lowest BCUT2D eigenvalue weighted by molar-refractivity contribution is -0.120. The number of amides is 2. The van der Waals surface area contributed by atoms with E-state index in [0.717, 1.165) is 0 Å². The lowest BCUT2D eigenvalue weighted by atomic mass is 10.2. The quantitative estimate of drug-likeness (QED) is 0.710. The largest absolute Gasteiger partial charge is 0.444 e. The molecule has 0 rings (SSSR count). The maximum atomic E-state index is 11.3. The predicted molar refractivity (Wildman–Crippen MR) is 62.0 cm³/mol. The first kappa shape index (κ1) is 14.5. The van der Waals surface area contributed by atoms with Crippen LogP contribution in [0.5, 0.6) is 0 Å². The monoisotopic (exact) mass is 228 g/mol. The van der Waals surface area contributed by atoms with Crippen LogP contribution in [-0.2, 0) is 9.53 Å². The summed E-state index contributed by atoms with van der Waals surface area (Å²) in [5.74, 6) is -0.279. The Labute approximate surface area is 96.2 Å². The van der Waals surface area contributed by atoms with Gasteiger partial charge in [-0.2, -0.15) is 0 Å². The van der Waals surface area contributed by atoms with Gasteiger partial charge in [0.15, 0.2) is 0 Å². The third-order valence-electron chi connectivity index (χ3n) is 1.53. The molecule has 1 atom stereocenters. The first-order valence-electron chi connectivity index (χ1n) is 5.13. The lowest BCUT2D eigenvalue weighted by Crippen LogP contribution is -2.41. The average molecular weight is 228 g/mol. The lowest BCUT2D eigenvalue weighted by Gasteiger charge is -2.19. The van der Waals surface area contributed by atoms with Gasteiger partial charge in [0.2, 0.25) is 5.91 Å². The van der Waals surface area contributed by atoms with Crippen molar-refractivity contribution in [2.45, 2.75) is 39.3 Å². The normalized spacial score (nSPS) is 12.5. The molecule has 2 amide bonds. The van der Waals surface area contributed by atoms with Crippen molar-refractivity contribution in [3.05, 3.63) is 12.7 Å². The highest BCUT2D eigenvalue weighted by Gasteiger charge is 2.16. The van der Waals surface area contributed by atoms with Gasteiger partial charge in [0.25, 0.3) is 0 Å². The number of alkyl carbamates (subject to hydrolysis) is 1. The number of carbonyl (C=O) groups excluding carboxylic acids is 2. The molecule has 0 aromatic rings. The number of rotatable bonds is 4. The van der Waals surface area contributed by atoms with Gasteiger partial charge < -0.3 is 15.4 Å². The molecule has 0 fully saturated rings. The molecule has 1 unspecified atom stereocenters. The maximum Gasteiger partial charge on any atom is 0.408 e. The zero-order chi connectivity index (χ0) is 12.8. The van der Waals surface area contributed by atoms with Crippen LogP contribution in [0.15, 0.2) is 12.7 Å². The Kier molecular flexibility index (Phi) is 5.56. The van der Waals surface area contributed by atoms with Gasteiger partial charge in [-0.15, -0.1) is 6.58 Å². The highest BCUT2D eigenvalue weighted by Crippen LogP contribution is 2.05. The van der Waals surface area contributed by atoms with Gasteiger partial charge in [0.05, 0.1) is 0 Å². The molecular weight excluding hydrogens is 208 g/mol. The SMILES string of the molecule is C=CC(C)NC(=O)CNC(=O)OC(C)(C)C. The fourth-order valence-electron chi connectivity index (χ4n) is 0.831. The smallest absolute Gasteiger partial charge is 0.408 e. The number of hydrogen-bond acceptors (Lipinski definition) is 3. The van der Waals surface area contributed by atoms with E-state index in [9.17, 15) is 9.59 Å². The standard InChI is InChI=1S/C11H20N2O3/c1-6-8(2)13-9(14)7-12-10(15)16-11(3,4)5/h6,8H,1,7H2,2-5H3,(H,12,15)(H,13,14). The first-order valence-corrected chi connectivity index (χ1v) is 5.13. The van der Waals surface area contributed by atoms with Gasteiger partial charge in [-0.1, -0.05) is 6.08 Å². The van der Waals surface area contributed by atoms with Crippen molar-refractivity contribution >= 4 is 12.0 Å². The van der Waals surface area contributed by atoms with Crippen molar-refractivity contribution in [1.29, 1.82) is 0 Å². The molecule has 16 heavy (non-hydrogen) atoms. The van der Waals surface area contributed by atoms with Crippen LogP contribution >= 0.6 is 0 Å². The van der Waals surface area contributed by atoms with Gasteiger partial charge in [0, 0.05) is 6.04 Å². The summed E-state index contributed by atoms with van der Waals surface area (Å²) in [7, 11) is 0. The second-order valence-electron chi connectivity index (χ2n) is 4.45. The zero-order valence-electron chi connectivity index (χ0n) is 10.3. The summed E-state index contributed by atoms with van der Waals surface area (Å²) in [6, 6.07) is -0.118. The van der Waals surface area contributed by atoms with Crippen molar-refractivity contribution in [2.75, 3.05) is 6.54 Å². The molecule has 0 spiro atoms. The summed E-state index contributed by atoms with van der Waals surface area (Å²) >= 11 is 0. The molecule has 0 saturated heterocycles. The molecule has 0 bridgehead atoms. The number of nitrogens with one attached hydrogen (secondary N) is 2. The van der Waals surface area contributed by atoms with Gasteiger partial charge in [-0.3, -0.25) is 4.79 Å². The molecule has 5 heteroatoms. The molecule has 0 radical (unpaired) electrons. The Hall–Kier alpha value is -1.52. The van der Waals surface area contributed by atoms with Gasteiger partial charge >= 0.3 is 6.09 Å². The highest BCUT2D eigenvalue weighted by atomic mass is 16.6. The molecule has 0 heterocycles. The minimum Gasteiger partial charge on any atom is -0.444 e. The molecule has 92 valence electrons. The Bertz CT molecular complexity index is 269. The second kappa shape index (κ2) is 6.15. The van der Waals surface area contributed by atoms with E-state index in [1.807, 2.05) is 0 Å². The van der Waals surface area contributed by atoms with Crippen LogP contribution in [0, 0.1) is 0 Å². The molecule has 2 N–H and O–H groups in total. The topological polar surface area (TPSA) is 67.4 Å². The van der Waals surface area contributed by atoms with Crippen LogP contribution in [-0.4, -0.2) is 30.2 Å². The minimum atomic E-state index is -0.603. The molecule has 0 aromatic heterocycles.